The fourth-order valence-electron chi connectivity index (χ4n) is 3.17. The zero-order chi connectivity index (χ0) is 17.8. The first-order valence-electron chi connectivity index (χ1n) is 8.53. The Balaban J connectivity index is 1.52. The Morgan fingerprint density at radius 1 is 1.32 bits per heavy atom. The number of nitrogens with one attached hydrogen (secondary N) is 2. The molecular formula is C17H23ClN4O3. The number of benzene rings is 1. The molecule has 136 valence electrons. The maximum atomic E-state index is 12.2. The molecule has 0 radical (unpaired) electrons. The smallest absolute Gasteiger partial charge is 0.319 e. The molecule has 0 bridgehead atoms. The van der Waals surface area contributed by atoms with E-state index in [1.807, 2.05) is 24.3 Å². The Bertz CT molecular complexity index is 634. The molecule has 3 rings (SSSR count). The SMILES string of the molecule is CCOC(=O)C1CNC(N2CCN(c3cccc(Cl)c3)CC2)NC1=O. The van der Waals surface area contributed by atoms with E-state index in [-0.39, 0.29) is 18.8 Å². The molecule has 2 atom stereocenters. The standard InChI is InChI=1S/C17H23ClN4O3/c1-2-25-16(24)14-11-19-17(20-15(14)23)22-8-6-21(7-9-22)13-5-3-4-12(18)10-13/h3-5,10,14,17,19H,2,6-9,11H2,1H3,(H,20,23). The molecule has 2 aliphatic rings. The molecule has 1 aromatic carbocycles. The van der Waals surface area contributed by atoms with Gasteiger partial charge in [-0.15, -0.1) is 0 Å². The first kappa shape index (κ1) is 18.0. The number of rotatable bonds is 4. The molecule has 1 amide bonds. The van der Waals surface area contributed by atoms with E-state index in [0.717, 1.165) is 36.9 Å². The summed E-state index contributed by atoms with van der Waals surface area (Å²) in [7, 11) is 0. The fraction of sp³-hybridized carbons (Fsp3) is 0.529. The van der Waals surface area contributed by atoms with Gasteiger partial charge >= 0.3 is 5.97 Å². The Hall–Kier alpha value is -1.83. The van der Waals surface area contributed by atoms with E-state index in [9.17, 15) is 9.59 Å². The van der Waals surface area contributed by atoms with E-state index in [1.165, 1.54) is 0 Å². The lowest BCUT2D eigenvalue weighted by molar-refractivity contribution is -0.154. The molecular weight excluding hydrogens is 344 g/mol. The lowest BCUT2D eigenvalue weighted by atomic mass is 10.1. The second-order valence-corrected chi connectivity index (χ2v) is 6.56. The van der Waals surface area contributed by atoms with E-state index < -0.39 is 11.9 Å². The second kappa shape index (κ2) is 8.03. The van der Waals surface area contributed by atoms with Crippen molar-refractivity contribution in [3.63, 3.8) is 0 Å². The van der Waals surface area contributed by atoms with Gasteiger partial charge in [0.05, 0.1) is 6.61 Å². The molecule has 2 heterocycles. The molecule has 0 aliphatic carbocycles. The first-order chi connectivity index (χ1) is 12.1. The Kier molecular flexibility index (Phi) is 5.78. The van der Waals surface area contributed by atoms with E-state index in [1.54, 1.807) is 6.92 Å². The van der Waals surface area contributed by atoms with Gasteiger partial charge in [-0.1, -0.05) is 17.7 Å². The minimum Gasteiger partial charge on any atom is -0.465 e. The van der Waals surface area contributed by atoms with Crippen LogP contribution in [0.25, 0.3) is 0 Å². The largest absolute Gasteiger partial charge is 0.465 e. The van der Waals surface area contributed by atoms with Gasteiger partial charge in [-0.2, -0.15) is 0 Å². The summed E-state index contributed by atoms with van der Waals surface area (Å²) in [6, 6.07) is 7.82. The minimum absolute atomic E-state index is 0.250. The molecule has 2 fully saturated rings. The summed E-state index contributed by atoms with van der Waals surface area (Å²) < 4.78 is 4.93. The normalized spacial score (nSPS) is 24.7. The van der Waals surface area contributed by atoms with Crippen molar-refractivity contribution in [2.24, 2.45) is 5.92 Å². The predicted octanol–water partition coefficient (Wildman–Crippen LogP) is 0.644. The highest BCUT2D eigenvalue weighted by atomic mass is 35.5. The van der Waals surface area contributed by atoms with Crippen LogP contribution in [0.2, 0.25) is 5.02 Å². The predicted molar refractivity (Wildman–Crippen MR) is 95.3 cm³/mol. The van der Waals surface area contributed by atoms with Gasteiger partial charge in [0, 0.05) is 43.4 Å². The first-order valence-corrected chi connectivity index (χ1v) is 8.91. The van der Waals surface area contributed by atoms with Gasteiger partial charge in [-0.05, 0) is 25.1 Å². The van der Waals surface area contributed by atoms with Gasteiger partial charge in [0.2, 0.25) is 5.91 Å². The molecule has 2 N–H and O–H groups in total. The quantitative estimate of drug-likeness (QED) is 0.602. The summed E-state index contributed by atoms with van der Waals surface area (Å²) in [5, 5.41) is 6.83. The Labute approximate surface area is 152 Å². The van der Waals surface area contributed by atoms with Crippen LogP contribution in [0.3, 0.4) is 0 Å². The van der Waals surface area contributed by atoms with Crippen molar-refractivity contribution < 1.29 is 14.3 Å². The van der Waals surface area contributed by atoms with Crippen molar-refractivity contribution in [3.05, 3.63) is 29.3 Å². The number of anilines is 1. The van der Waals surface area contributed by atoms with Crippen molar-refractivity contribution in [3.8, 4) is 0 Å². The molecule has 2 unspecified atom stereocenters. The van der Waals surface area contributed by atoms with Gasteiger partial charge in [0.25, 0.3) is 0 Å². The monoisotopic (exact) mass is 366 g/mol. The van der Waals surface area contributed by atoms with Crippen LogP contribution in [0.15, 0.2) is 24.3 Å². The number of hydrogen-bond donors (Lipinski definition) is 2. The molecule has 25 heavy (non-hydrogen) atoms. The summed E-state index contributed by atoms with van der Waals surface area (Å²) >= 11 is 6.06. The Morgan fingerprint density at radius 2 is 2.08 bits per heavy atom. The van der Waals surface area contributed by atoms with Gasteiger partial charge in [-0.3, -0.25) is 19.8 Å². The van der Waals surface area contributed by atoms with Gasteiger partial charge in [0.1, 0.15) is 12.2 Å². The lowest BCUT2D eigenvalue weighted by Gasteiger charge is -2.42. The second-order valence-electron chi connectivity index (χ2n) is 6.13. The maximum Gasteiger partial charge on any atom is 0.319 e. The number of carbonyl (C=O) groups is 2. The summed E-state index contributed by atoms with van der Waals surface area (Å²) in [5.41, 5.74) is 1.11. The number of ether oxygens (including phenoxy) is 1. The van der Waals surface area contributed by atoms with Crippen molar-refractivity contribution in [2.75, 3.05) is 44.2 Å². The zero-order valence-electron chi connectivity index (χ0n) is 14.2. The molecule has 1 aromatic rings. The van der Waals surface area contributed by atoms with Crippen LogP contribution in [-0.2, 0) is 14.3 Å². The third-order valence-corrected chi connectivity index (χ3v) is 4.77. The Morgan fingerprint density at radius 3 is 2.72 bits per heavy atom. The van der Waals surface area contributed by atoms with Gasteiger partial charge in [0.15, 0.2) is 0 Å². The fourth-order valence-corrected chi connectivity index (χ4v) is 3.36. The maximum absolute atomic E-state index is 12.2. The molecule has 0 aromatic heterocycles. The molecule has 8 heteroatoms. The summed E-state index contributed by atoms with van der Waals surface area (Å²) in [6.07, 6.45) is -0.250. The number of amides is 1. The summed E-state index contributed by atoms with van der Waals surface area (Å²) in [6.45, 7) is 5.59. The van der Waals surface area contributed by atoms with Crippen LogP contribution >= 0.6 is 11.6 Å². The minimum atomic E-state index is -0.774. The van der Waals surface area contributed by atoms with E-state index in [2.05, 4.69) is 20.4 Å². The topological polar surface area (TPSA) is 73.9 Å². The van der Waals surface area contributed by atoms with Crippen LogP contribution in [0.5, 0.6) is 0 Å². The van der Waals surface area contributed by atoms with Crippen molar-refractivity contribution in [2.45, 2.75) is 13.2 Å². The summed E-state index contributed by atoms with van der Waals surface area (Å²) in [4.78, 5) is 28.4. The van der Waals surface area contributed by atoms with Crippen LogP contribution in [-0.4, -0.2) is 62.4 Å². The average Bonchev–Trinajstić information content (AvgIpc) is 2.62. The van der Waals surface area contributed by atoms with Gasteiger partial charge < -0.3 is 15.0 Å². The molecule has 2 saturated heterocycles. The lowest BCUT2D eigenvalue weighted by Crippen LogP contribution is -2.67. The van der Waals surface area contributed by atoms with E-state index in [4.69, 9.17) is 16.3 Å². The average molecular weight is 367 g/mol. The number of nitrogens with zero attached hydrogens (tertiary/aromatic N) is 2. The molecule has 2 aliphatic heterocycles. The van der Waals surface area contributed by atoms with Crippen molar-refractivity contribution in [1.29, 1.82) is 0 Å². The van der Waals surface area contributed by atoms with Gasteiger partial charge in [-0.25, -0.2) is 0 Å². The third kappa shape index (κ3) is 4.23. The number of esters is 1. The van der Waals surface area contributed by atoms with Crippen molar-refractivity contribution >= 4 is 29.2 Å². The van der Waals surface area contributed by atoms with Crippen LogP contribution in [0.4, 0.5) is 5.69 Å². The van der Waals surface area contributed by atoms with Crippen LogP contribution in [0.1, 0.15) is 6.92 Å². The van der Waals surface area contributed by atoms with E-state index >= 15 is 0 Å². The third-order valence-electron chi connectivity index (χ3n) is 4.53. The highest BCUT2D eigenvalue weighted by Gasteiger charge is 2.36. The molecule has 7 nitrogen and oxygen atoms in total. The zero-order valence-corrected chi connectivity index (χ0v) is 15.0. The highest BCUT2D eigenvalue weighted by Crippen LogP contribution is 2.21. The number of carbonyl (C=O) groups excluding carboxylic acids is 2. The van der Waals surface area contributed by atoms with Crippen LogP contribution in [0, 0.1) is 5.92 Å². The van der Waals surface area contributed by atoms with E-state index in [0.29, 0.717) is 6.54 Å². The molecule has 0 saturated carbocycles. The summed E-state index contributed by atoms with van der Waals surface area (Å²) in [5.74, 6) is -1.53. The highest BCUT2D eigenvalue weighted by molar-refractivity contribution is 6.30. The molecule has 0 spiro atoms. The van der Waals surface area contributed by atoms with Crippen LogP contribution < -0.4 is 15.5 Å². The number of piperazine rings is 1. The number of halogens is 1. The number of hydrogen-bond acceptors (Lipinski definition) is 6. The van der Waals surface area contributed by atoms with Crippen molar-refractivity contribution in [1.82, 2.24) is 15.5 Å².